The summed E-state index contributed by atoms with van der Waals surface area (Å²) in [6, 6.07) is 0. The Hall–Kier alpha value is -0.120. The summed E-state index contributed by atoms with van der Waals surface area (Å²) in [5, 5.41) is 0. The lowest BCUT2D eigenvalue weighted by Crippen LogP contribution is -2.33. The van der Waals surface area contributed by atoms with Crippen molar-refractivity contribution in [3.8, 4) is 0 Å². The van der Waals surface area contributed by atoms with E-state index in [1.165, 1.54) is 12.8 Å². The second kappa shape index (κ2) is 4.94. The first kappa shape index (κ1) is 9.44. The molecule has 2 heterocycles. The van der Waals surface area contributed by atoms with Crippen molar-refractivity contribution in [2.45, 2.75) is 44.5 Å². The highest BCUT2D eigenvalue weighted by atomic mass is 16.7. The minimum Gasteiger partial charge on any atom is -0.379 e. The van der Waals surface area contributed by atoms with Gasteiger partial charge in [0.25, 0.3) is 0 Å². The van der Waals surface area contributed by atoms with E-state index in [0.29, 0.717) is 0 Å². The van der Waals surface area contributed by atoms with E-state index in [1.807, 2.05) is 0 Å². The van der Waals surface area contributed by atoms with Gasteiger partial charge < -0.3 is 14.2 Å². The molecule has 0 radical (unpaired) electrons. The van der Waals surface area contributed by atoms with Crippen LogP contribution in [-0.2, 0) is 14.2 Å². The quantitative estimate of drug-likeness (QED) is 0.657. The Kier molecular flexibility index (Phi) is 3.58. The third kappa shape index (κ3) is 2.93. The van der Waals surface area contributed by atoms with Crippen LogP contribution in [0.1, 0.15) is 32.1 Å². The van der Waals surface area contributed by atoms with Crippen LogP contribution in [0.25, 0.3) is 0 Å². The van der Waals surface area contributed by atoms with Crippen molar-refractivity contribution in [3.63, 3.8) is 0 Å². The predicted molar refractivity (Wildman–Crippen MR) is 48.5 cm³/mol. The molecule has 2 saturated heterocycles. The number of ether oxygens (including phenoxy) is 3. The van der Waals surface area contributed by atoms with Crippen LogP contribution < -0.4 is 0 Å². The third-order valence-electron chi connectivity index (χ3n) is 2.60. The fourth-order valence-electron chi connectivity index (χ4n) is 1.85. The molecule has 2 atom stereocenters. The molecular formula is C10H18O3. The molecule has 0 N–H and O–H groups in total. The average molecular weight is 186 g/mol. The van der Waals surface area contributed by atoms with Gasteiger partial charge in [0.1, 0.15) is 0 Å². The smallest absolute Gasteiger partial charge is 0.158 e. The van der Waals surface area contributed by atoms with Gasteiger partial charge in [-0.05, 0) is 32.1 Å². The van der Waals surface area contributed by atoms with E-state index < -0.39 is 0 Å². The van der Waals surface area contributed by atoms with E-state index in [9.17, 15) is 0 Å². The van der Waals surface area contributed by atoms with Gasteiger partial charge in [0, 0.05) is 13.2 Å². The summed E-state index contributed by atoms with van der Waals surface area (Å²) in [5.74, 6) is 0. The van der Waals surface area contributed by atoms with Gasteiger partial charge in [0.2, 0.25) is 0 Å². The van der Waals surface area contributed by atoms with Gasteiger partial charge >= 0.3 is 0 Å². The maximum atomic E-state index is 5.78. The molecule has 0 spiro atoms. The van der Waals surface area contributed by atoms with Crippen LogP contribution in [0.15, 0.2) is 0 Å². The summed E-state index contributed by atoms with van der Waals surface area (Å²) in [4.78, 5) is 0. The third-order valence-corrected chi connectivity index (χ3v) is 2.60. The normalized spacial score (nSPS) is 36.0. The summed E-state index contributed by atoms with van der Waals surface area (Å²) >= 11 is 0. The molecule has 2 fully saturated rings. The van der Waals surface area contributed by atoms with Gasteiger partial charge in [-0.15, -0.1) is 0 Å². The van der Waals surface area contributed by atoms with Crippen molar-refractivity contribution in [1.29, 1.82) is 0 Å². The average Bonchev–Trinajstić information content (AvgIpc) is 2.21. The highest BCUT2D eigenvalue weighted by molar-refractivity contribution is 4.64. The van der Waals surface area contributed by atoms with Gasteiger partial charge in [-0.25, -0.2) is 0 Å². The van der Waals surface area contributed by atoms with Crippen molar-refractivity contribution < 1.29 is 14.2 Å². The molecule has 2 aliphatic heterocycles. The Balaban J connectivity index is 1.69. The van der Waals surface area contributed by atoms with E-state index in [2.05, 4.69) is 0 Å². The lowest BCUT2D eigenvalue weighted by atomic mass is 10.1. The molecule has 0 saturated carbocycles. The SMILES string of the molecule is C1CC[C@@H](O[C@H]2CCCOC2)OC1. The minimum atomic E-state index is 0.0421. The van der Waals surface area contributed by atoms with Crippen molar-refractivity contribution in [2.75, 3.05) is 19.8 Å². The zero-order valence-corrected chi connectivity index (χ0v) is 8.04. The predicted octanol–water partition coefficient (Wildman–Crippen LogP) is 1.71. The lowest BCUT2D eigenvalue weighted by Gasteiger charge is -2.29. The highest BCUT2D eigenvalue weighted by Gasteiger charge is 2.21. The van der Waals surface area contributed by atoms with Crippen LogP contribution in [0, 0.1) is 0 Å². The standard InChI is InChI=1S/C10H18O3/c1-2-7-12-10(5-1)13-9-4-3-6-11-8-9/h9-10H,1-8H2/t9-,10+/m0/s1. The first-order valence-corrected chi connectivity index (χ1v) is 5.30. The van der Waals surface area contributed by atoms with Crippen LogP contribution in [0.5, 0.6) is 0 Å². The van der Waals surface area contributed by atoms with Crippen molar-refractivity contribution in [1.82, 2.24) is 0 Å². The summed E-state index contributed by atoms with van der Waals surface area (Å²) in [6.07, 6.45) is 6.03. The molecule has 2 rings (SSSR count). The van der Waals surface area contributed by atoms with Gasteiger partial charge in [-0.3, -0.25) is 0 Å². The zero-order valence-electron chi connectivity index (χ0n) is 8.04. The van der Waals surface area contributed by atoms with E-state index in [0.717, 1.165) is 39.1 Å². The fraction of sp³-hybridized carbons (Fsp3) is 1.00. The molecule has 0 bridgehead atoms. The summed E-state index contributed by atoms with van der Waals surface area (Å²) in [5.41, 5.74) is 0. The van der Waals surface area contributed by atoms with Crippen LogP contribution in [-0.4, -0.2) is 32.2 Å². The highest BCUT2D eigenvalue weighted by Crippen LogP contribution is 2.18. The van der Waals surface area contributed by atoms with Gasteiger partial charge in [-0.1, -0.05) is 0 Å². The second-order valence-corrected chi connectivity index (χ2v) is 3.77. The topological polar surface area (TPSA) is 27.7 Å². The van der Waals surface area contributed by atoms with Gasteiger partial charge in [0.05, 0.1) is 12.7 Å². The maximum absolute atomic E-state index is 5.78. The van der Waals surface area contributed by atoms with Crippen molar-refractivity contribution >= 4 is 0 Å². The van der Waals surface area contributed by atoms with E-state index >= 15 is 0 Å². The molecule has 0 amide bonds. The molecule has 0 aromatic rings. The fourth-order valence-corrected chi connectivity index (χ4v) is 1.85. The molecule has 76 valence electrons. The lowest BCUT2D eigenvalue weighted by molar-refractivity contribution is -0.205. The number of hydrogen-bond acceptors (Lipinski definition) is 3. The molecule has 0 aromatic carbocycles. The first-order valence-electron chi connectivity index (χ1n) is 5.30. The van der Waals surface area contributed by atoms with Crippen LogP contribution in [0.4, 0.5) is 0 Å². The monoisotopic (exact) mass is 186 g/mol. The summed E-state index contributed by atoms with van der Waals surface area (Å²) < 4.78 is 16.6. The molecule has 0 aromatic heterocycles. The van der Waals surface area contributed by atoms with Crippen LogP contribution in [0.3, 0.4) is 0 Å². The van der Waals surface area contributed by atoms with Gasteiger partial charge in [-0.2, -0.15) is 0 Å². The molecule has 3 nitrogen and oxygen atoms in total. The molecule has 13 heavy (non-hydrogen) atoms. The van der Waals surface area contributed by atoms with E-state index in [4.69, 9.17) is 14.2 Å². The zero-order chi connectivity index (χ0) is 8.93. The second-order valence-electron chi connectivity index (χ2n) is 3.77. The Morgan fingerprint density at radius 2 is 2.00 bits per heavy atom. The minimum absolute atomic E-state index is 0.0421. The molecular weight excluding hydrogens is 168 g/mol. The first-order chi connectivity index (χ1) is 6.45. The van der Waals surface area contributed by atoms with Gasteiger partial charge in [0.15, 0.2) is 6.29 Å². The molecule has 0 unspecified atom stereocenters. The largest absolute Gasteiger partial charge is 0.379 e. The van der Waals surface area contributed by atoms with Crippen LogP contribution >= 0.6 is 0 Å². The number of hydrogen-bond donors (Lipinski definition) is 0. The molecule has 0 aliphatic carbocycles. The van der Waals surface area contributed by atoms with Crippen molar-refractivity contribution in [2.24, 2.45) is 0 Å². The Morgan fingerprint density at radius 3 is 2.69 bits per heavy atom. The van der Waals surface area contributed by atoms with E-state index in [1.54, 1.807) is 0 Å². The van der Waals surface area contributed by atoms with Crippen LogP contribution in [0.2, 0.25) is 0 Å². The maximum Gasteiger partial charge on any atom is 0.158 e. The Morgan fingerprint density at radius 1 is 1.00 bits per heavy atom. The summed E-state index contributed by atoms with van der Waals surface area (Å²) in [7, 11) is 0. The van der Waals surface area contributed by atoms with Crippen molar-refractivity contribution in [3.05, 3.63) is 0 Å². The molecule has 3 heteroatoms. The molecule has 2 aliphatic rings. The summed E-state index contributed by atoms with van der Waals surface area (Å²) in [6.45, 7) is 2.50. The Bertz CT molecular complexity index is 121. The Labute approximate surface area is 79.4 Å². The number of rotatable bonds is 2. The van der Waals surface area contributed by atoms with E-state index in [-0.39, 0.29) is 12.4 Å².